The van der Waals surface area contributed by atoms with E-state index in [0.717, 1.165) is 35.8 Å². The minimum atomic E-state index is 0.543. The van der Waals surface area contributed by atoms with E-state index in [1.807, 2.05) is 12.3 Å². The van der Waals surface area contributed by atoms with Gasteiger partial charge in [0, 0.05) is 42.1 Å². The predicted molar refractivity (Wildman–Crippen MR) is 77.2 cm³/mol. The van der Waals surface area contributed by atoms with E-state index in [-0.39, 0.29) is 0 Å². The van der Waals surface area contributed by atoms with Crippen LogP contribution in [0, 0.1) is 12.8 Å². The molecule has 0 bridgehead atoms. The Bertz CT molecular complexity index is 514. The van der Waals surface area contributed by atoms with Crippen molar-refractivity contribution in [2.45, 2.75) is 19.8 Å². The molecule has 0 aromatic carbocycles. The molecule has 0 spiro atoms. The van der Waals surface area contributed by atoms with Crippen LogP contribution in [0.4, 0.5) is 5.13 Å². The lowest BCUT2D eigenvalue weighted by molar-refractivity contribution is 0.228. The Hall–Kier alpha value is -1.21. The second-order valence-corrected chi connectivity index (χ2v) is 6.27. The molecule has 1 aliphatic heterocycles. The lowest BCUT2D eigenvalue weighted by Crippen LogP contribution is -2.37. The summed E-state index contributed by atoms with van der Waals surface area (Å²) in [5.74, 6) is 1.41. The molecule has 2 aromatic heterocycles. The van der Waals surface area contributed by atoms with Crippen molar-refractivity contribution in [3.63, 3.8) is 0 Å². The average molecular weight is 296 g/mol. The Morgan fingerprint density at radius 3 is 3.21 bits per heavy atom. The van der Waals surface area contributed by atoms with Gasteiger partial charge in [-0.1, -0.05) is 11.3 Å². The fourth-order valence-corrected chi connectivity index (χ4v) is 3.46. The molecule has 1 unspecified atom stereocenters. The van der Waals surface area contributed by atoms with Gasteiger partial charge in [0.2, 0.25) is 5.13 Å². The van der Waals surface area contributed by atoms with Crippen molar-refractivity contribution in [3.8, 4) is 5.19 Å². The van der Waals surface area contributed by atoms with Gasteiger partial charge in [-0.15, -0.1) is 0 Å². The van der Waals surface area contributed by atoms with Crippen molar-refractivity contribution in [3.05, 3.63) is 17.4 Å². The summed E-state index contributed by atoms with van der Waals surface area (Å²) in [5, 5.41) is 3.74. The number of nitrogens with zero attached hydrogens (tertiary/aromatic N) is 4. The van der Waals surface area contributed by atoms with Crippen molar-refractivity contribution in [2.24, 2.45) is 5.92 Å². The van der Waals surface area contributed by atoms with Crippen LogP contribution < -0.4 is 9.64 Å². The Balaban J connectivity index is 1.56. The first-order valence-electron chi connectivity index (χ1n) is 6.39. The van der Waals surface area contributed by atoms with Crippen molar-refractivity contribution < 1.29 is 4.74 Å². The lowest BCUT2D eigenvalue weighted by atomic mass is 9.99. The van der Waals surface area contributed by atoms with Gasteiger partial charge in [0.1, 0.15) is 5.82 Å². The Morgan fingerprint density at radius 1 is 1.53 bits per heavy atom. The van der Waals surface area contributed by atoms with Crippen LogP contribution >= 0.6 is 22.9 Å². The van der Waals surface area contributed by atoms with Gasteiger partial charge in [0.25, 0.3) is 5.19 Å². The Morgan fingerprint density at radius 2 is 2.47 bits per heavy atom. The molecule has 0 radical (unpaired) electrons. The van der Waals surface area contributed by atoms with Crippen molar-refractivity contribution in [1.82, 2.24) is 14.3 Å². The first kappa shape index (κ1) is 12.8. The molecule has 1 atom stereocenters. The molecule has 5 nitrogen and oxygen atoms in total. The minimum absolute atomic E-state index is 0.543. The van der Waals surface area contributed by atoms with E-state index in [2.05, 4.69) is 19.2 Å². The zero-order chi connectivity index (χ0) is 13.1. The molecule has 1 fully saturated rings. The third kappa shape index (κ3) is 3.22. The molecule has 0 amide bonds. The van der Waals surface area contributed by atoms with Crippen LogP contribution in [0.2, 0.25) is 0 Å². The lowest BCUT2D eigenvalue weighted by Gasteiger charge is -2.31. The van der Waals surface area contributed by atoms with Gasteiger partial charge in [0.05, 0.1) is 6.61 Å². The quantitative estimate of drug-likeness (QED) is 0.868. The van der Waals surface area contributed by atoms with Crippen LogP contribution in [0.3, 0.4) is 0 Å². The van der Waals surface area contributed by atoms with Gasteiger partial charge < -0.3 is 9.64 Å². The molecule has 3 heterocycles. The van der Waals surface area contributed by atoms with Gasteiger partial charge in [-0.2, -0.15) is 4.37 Å². The number of ether oxygens (including phenoxy) is 1. The van der Waals surface area contributed by atoms with Crippen LogP contribution in [-0.2, 0) is 0 Å². The maximum Gasteiger partial charge on any atom is 0.273 e. The van der Waals surface area contributed by atoms with Crippen LogP contribution in [-0.4, -0.2) is 34.0 Å². The monoisotopic (exact) mass is 296 g/mol. The molecule has 3 rings (SSSR count). The second-order valence-electron chi connectivity index (χ2n) is 4.69. The summed E-state index contributed by atoms with van der Waals surface area (Å²) in [5.41, 5.74) is 0. The number of hydrogen-bond acceptors (Lipinski definition) is 7. The highest BCUT2D eigenvalue weighted by Crippen LogP contribution is 2.25. The third-order valence-corrected chi connectivity index (χ3v) is 4.71. The summed E-state index contributed by atoms with van der Waals surface area (Å²) in [6, 6.07) is 0. The number of anilines is 1. The largest absolute Gasteiger partial charge is 0.470 e. The molecule has 1 saturated heterocycles. The van der Waals surface area contributed by atoms with E-state index < -0.39 is 0 Å². The zero-order valence-electron chi connectivity index (χ0n) is 10.8. The fourth-order valence-electron chi connectivity index (χ4n) is 2.26. The molecule has 0 saturated carbocycles. The van der Waals surface area contributed by atoms with Gasteiger partial charge in [0.15, 0.2) is 0 Å². The maximum atomic E-state index is 5.72. The number of aromatic nitrogens is 3. The Kier molecular flexibility index (Phi) is 3.93. The van der Waals surface area contributed by atoms with Gasteiger partial charge >= 0.3 is 0 Å². The van der Waals surface area contributed by atoms with Crippen molar-refractivity contribution >= 4 is 28.0 Å². The number of hydrogen-bond donors (Lipinski definition) is 0. The minimum Gasteiger partial charge on any atom is -0.470 e. The first-order chi connectivity index (χ1) is 9.31. The SMILES string of the molecule is Cc1nsc(N2CCCC(COc3nccs3)C2)n1. The number of thiazole rings is 1. The average Bonchev–Trinajstić information content (AvgIpc) is 3.08. The van der Waals surface area contributed by atoms with Crippen LogP contribution in [0.1, 0.15) is 18.7 Å². The van der Waals surface area contributed by atoms with E-state index in [4.69, 9.17) is 4.74 Å². The van der Waals surface area contributed by atoms with Crippen LogP contribution in [0.25, 0.3) is 0 Å². The third-order valence-electron chi connectivity index (χ3n) is 3.16. The zero-order valence-corrected chi connectivity index (χ0v) is 12.4. The van der Waals surface area contributed by atoms with Crippen LogP contribution in [0.5, 0.6) is 5.19 Å². The summed E-state index contributed by atoms with van der Waals surface area (Å²) in [6.07, 6.45) is 4.17. The molecule has 0 aliphatic carbocycles. The maximum absolute atomic E-state index is 5.72. The highest BCUT2D eigenvalue weighted by Gasteiger charge is 2.23. The molecule has 102 valence electrons. The molecule has 1 aliphatic rings. The predicted octanol–water partition coefficient (Wildman–Crippen LogP) is 2.60. The normalized spacial score (nSPS) is 19.6. The smallest absolute Gasteiger partial charge is 0.273 e. The molecule has 2 aromatic rings. The Labute approximate surface area is 120 Å². The van der Waals surface area contributed by atoms with Crippen molar-refractivity contribution in [1.29, 1.82) is 0 Å². The van der Waals surface area contributed by atoms with E-state index in [9.17, 15) is 0 Å². The van der Waals surface area contributed by atoms with E-state index in [0.29, 0.717) is 5.92 Å². The molecule has 7 heteroatoms. The number of aryl methyl sites for hydroxylation is 1. The molecular weight excluding hydrogens is 280 g/mol. The van der Waals surface area contributed by atoms with Crippen LogP contribution in [0.15, 0.2) is 11.6 Å². The first-order valence-corrected chi connectivity index (χ1v) is 8.04. The van der Waals surface area contributed by atoms with Gasteiger partial charge in [-0.3, -0.25) is 0 Å². The summed E-state index contributed by atoms with van der Waals surface area (Å²) in [4.78, 5) is 10.9. The molecular formula is C12H16N4OS2. The standard InChI is InChI=1S/C12H16N4OS2/c1-9-14-11(19-15-9)16-5-2-3-10(7-16)8-17-12-13-4-6-18-12/h4,6,10H,2-3,5,7-8H2,1H3. The summed E-state index contributed by atoms with van der Waals surface area (Å²) in [7, 11) is 0. The number of rotatable bonds is 4. The van der Waals surface area contributed by atoms with E-state index in [1.54, 1.807) is 17.5 Å². The van der Waals surface area contributed by atoms with E-state index in [1.165, 1.54) is 24.4 Å². The summed E-state index contributed by atoms with van der Waals surface area (Å²) in [6.45, 7) is 4.75. The molecule has 0 N–H and O–H groups in total. The number of piperidine rings is 1. The van der Waals surface area contributed by atoms with Crippen molar-refractivity contribution in [2.75, 3.05) is 24.6 Å². The highest BCUT2D eigenvalue weighted by atomic mass is 32.1. The fraction of sp³-hybridized carbons (Fsp3) is 0.583. The second kappa shape index (κ2) is 5.83. The summed E-state index contributed by atoms with van der Waals surface area (Å²) < 4.78 is 9.98. The molecule has 19 heavy (non-hydrogen) atoms. The van der Waals surface area contributed by atoms with Gasteiger partial charge in [-0.05, 0) is 19.8 Å². The summed E-state index contributed by atoms with van der Waals surface area (Å²) >= 11 is 3.03. The van der Waals surface area contributed by atoms with E-state index >= 15 is 0 Å². The highest BCUT2D eigenvalue weighted by molar-refractivity contribution is 7.11. The topological polar surface area (TPSA) is 51.1 Å². The van der Waals surface area contributed by atoms with Gasteiger partial charge in [-0.25, -0.2) is 9.97 Å².